The minimum Gasteiger partial charge on any atom is -0.490 e. The van der Waals surface area contributed by atoms with E-state index in [-0.39, 0.29) is 0 Å². The summed E-state index contributed by atoms with van der Waals surface area (Å²) >= 11 is 6.64. The highest BCUT2D eigenvalue weighted by atomic mass is 79.9. The summed E-state index contributed by atoms with van der Waals surface area (Å²) in [5.74, 6) is 0.677. The number of halogens is 2. The van der Waals surface area contributed by atoms with Crippen LogP contribution in [-0.2, 0) is 0 Å². The Morgan fingerprint density at radius 1 is 1.46 bits per heavy atom. The molecule has 13 heavy (non-hydrogen) atoms. The summed E-state index contributed by atoms with van der Waals surface area (Å²) in [5.41, 5.74) is 6.23. The quantitative estimate of drug-likeness (QED) is 0.687. The average Bonchev–Trinajstić information content (AvgIpc) is 2.10. The van der Waals surface area contributed by atoms with E-state index in [4.69, 9.17) is 10.5 Å². The topological polar surface area (TPSA) is 48.1 Å². The number of aromatic nitrogens is 1. The molecule has 0 bridgehead atoms. The lowest BCUT2D eigenvalue weighted by atomic mass is 10.4. The summed E-state index contributed by atoms with van der Waals surface area (Å²) < 4.78 is 6.26. The molecule has 1 rings (SSSR count). The first-order chi connectivity index (χ1) is 6.25. The van der Waals surface area contributed by atoms with Crippen LogP contribution in [0.25, 0.3) is 0 Å². The second-order valence-electron chi connectivity index (χ2n) is 2.43. The Kier molecular flexibility index (Phi) is 4.52. The van der Waals surface area contributed by atoms with Crippen LogP contribution in [0, 0.1) is 0 Å². The number of pyridine rings is 1. The maximum Gasteiger partial charge on any atom is 0.159 e. The van der Waals surface area contributed by atoms with Gasteiger partial charge in [0.2, 0.25) is 0 Å². The molecule has 1 aromatic rings. The molecule has 0 fully saturated rings. The highest BCUT2D eigenvalue weighted by Gasteiger charge is 2.04. The van der Waals surface area contributed by atoms with Crippen LogP contribution in [0.1, 0.15) is 6.42 Å². The van der Waals surface area contributed by atoms with E-state index in [1.807, 2.05) is 0 Å². The lowest BCUT2D eigenvalue weighted by Crippen LogP contribution is -2.01. The van der Waals surface area contributed by atoms with Gasteiger partial charge in [-0.05, 0) is 22.4 Å². The first kappa shape index (κ1) is 10.8. The number of alkyl halides is 1. The lowest BCUT2D eigenvalue weighted by molar-refractivity contribution is 0.318. The van der Waals surface area contributed by atoms with Gasteiger partial charge in [-0.3, -0.25) is 4.98 Å². The molecule has 3 nitrogen and oxygen atoms in total. The molecule has 0 saturated carbocycles. The van der Waals surface area contributed by atoms with Gasteiger partial charge in [-0.15, -0.1) is 0 Å². The van der Waals surface area contributed by atoms with Crippen LogP contribution < -0.4 is 10.5 Å². The maximum atomic E-state index is 5.67. The van der Waals surface area contributed by atoms with Crippen molar-refractivity contribution in [3.63, 3.8) is 0 Å². The van der Waals surface area contributed by atoms with Gasteiger partial charge in [0.15, 0.2) is 5.75 Å². The monoisotopic (exact) mass is 308 g/mol. The van der Waals surface area contributed by atoms with Crippen molar-refractivity contribution < 1.29 is 4.74 Å². The number of rotatable bonds is 4. The molecule has 0 aliphatic rings. The van der Waals surface area contributed by atoms with Gasteiger partial charge in [-0.25, -0.2) is 0 Å². The van der Waals surface area contributed by atoms with Crippen LogP contribution >= 0.6 is 31.9 Å². The van der Waals surface area contributed by atoms with Crippen molar-refractivity contribution in [2.24, 2.45) is 0 Å². The molecule has 0 saturated heterocycles. The van der Waals surface area contributed by atoms with Crippen molar-refractivity contribution in [3.05, 3.63) is 16.9 Å². The Morgan fingerprint density at radius 3 is 2.85 bits per heavy atom. The highest BCUT2D eigenvalue weighted by Crippen LogP contribution is 2.29. The van der Waals surface area contributed by atoms with E-state index in [9.17, 15) is 0 Å². The molecule has 0 atom stereocenters. The summed E-state index contributed by atoms with van der Waals surface area (Å²) in [5, 5.41) is 0.926. The first-order valence-corrected chi connectivity index (χ1v) is 5.75. The SMILES string of the molecule is Nc1cncc(Br)c1OCCCBr. The Labute approximate surface area is 93.9 Å². The zero-order valence-corrected chi connectivity index (χ0v) is 10.1. The molecule has 0 unspecified atom stereocenters. The molecule has 72 valence electrons. The smallest absolute Gasteiger partial charge is 0.159 e. The molecule has 0 aromatic carbocycles. The third-order valence-corrected chi connectivity index (χ3v) is 2.53. The largest absolute Gasteiger partial charge is 0.490 e. The van der Waals surface area contributed by atoms with Crippen molar-refractivity contribution in [1.29, 1.82) is 0 Å². The van der Waals surface area contributed by atoms with Crippen LogP contribution in [-0.4, -0.2) is 16.9 Å². The summed E-state index contributed by atoms with van der Waals surface area (Å²) in [4.78, 5) is 3.91. The van der Waals surface area contributed by atoms with E-state index < -0.39 is 0 Å². The number of nitrogens with zero attached hydrogens (tertiary/aromatic N) is 1. The third kappa shape index (κ3) is 3.15. The van der Waals surface area contributed by atoms with E-state index in [1.165, 1.54) is 0 Å². The number of anilines is 1. The fourth-order valence-electron chi connectivity index (χ4n) is 0.819. The number of hydrogen-bond donors (Lipinski definition) is 1. The second kappa shape index (κ2) is 5.44. The molecule has 0 radical (unpaired) electrons. The first-order valence-electron chi connectivity index (χ1n) is 3.83. The van der Waals surface area contributed by atoms with Gasteiger partial charge in [-0.1, -0.05) is 15.9 Å². The van der Waals surface area contributed by atoms with Gasteiger partial charge in [0.25, 0.3) is 0 Å². The Morgan fingerprint density at radius 2 is 2.23 bits per heavy atom. The molecule has 5 heteroatoms. The predicted molar refractivity (Wildman–Crippen MR) is 60.3 cm³/mol. The van der Waals surface area contributed by atoms with Gasteiger partial charge in [-0.2, -0.15) is 0 Å². The Balaban J connectivity index is 2.64. The van der Waals surface area contributed by atoms with E-state index in [1.54, 1.807) is 12.4 Å². The summed E-state index contributed by atoms with van der Waals surface area (Å²) in [6.45, 7) is 0.651. The van der Waals surface area contributed by atoms with Gasteiger partial charge >= 0.3 is 0 Å². The van der Waals surface area contributed by atoms with E-state index in [2.05, 4.69) is 36.8 Å². The summed E-state index contributed by atoms with van der Waals surface area (Å²) in [6, 6.07) is 0. The number of ether oxygens (including phenoxy) is 1. The van der Waals surface area contributed by atoms with Crippen LogP contribution in [0.2, 0.25) is 0 Å². The molecule has 0 aliphatic carbocycles. The second-order valence-corrected chi connectivity index (χ2v) is 4.08. The van der Waals surface area contributed by atoms with Crippen LogP contribution in [0.4, 0.5) is 5.69 Å². The summed E-state index contributed by atoms with van der Waals surface area (Å²) in [7, 11) is 0. The van der Waals surface area contributed by atoms with Crippen LogP contribution in [0.5, 0.6) is 5.75 Å². The van der Waals surface area contributed by atoms with Crippen molar-refractivity contribution in [2.75, 3.05) is 17.7 Å². The molecular formula is C8H10Br2N2O. The fourth-order valence-corrected chi connectivity index (χ4v) is 1.51. The van der Waals surface area contributed by atoms with Crippen molar-refractivity contribution in [1.82, 2.24) is 4.98 Å². The fraction of sp³-hybridized carbons (Fsp3) is 0.375. The lowest BCUT2D eigenvalue weighted by Gasteiger charge is -2.08. The highest BCUT2D eigenvalue weighted by molar-refractivity contribution is 9.10. The number of hydrogen-bond acceptors (Lipinski definition) is 3. The molecule has 1 heterocycles. The molecule has 0 spiro atoms. The maximum absolute atomic E-state index is 5.67. The van der Waals surface area contributed by atoms with Crippen molar-refractivity contribution in [2.45, 2.75) is 6.42 Å². The molecule has 2 N–H and O–H groups in total. The normalized spacial score (nSPS) is 10.0. The minimum atomic E-state index is 0.559. The van der Waals surface area contributed by atoms with E-state index >= 15 is 0 Å². The summed E-state index contributed by atoms with van der Waals surface area (Å²) in [6.07, 6.45) is 4.20. The molecule has 0 aliphatic heterocycles. The van der Waals surface area contributed by atoms with Gasteiger partial charge in [0.05, 0.1) is 23.0 Å². The average molecular weight is 310 g/mol. The zero-order chi connectivity index (χ0) is 9.68. The molecule has 0 amide bonds. The van der Waals surface area contributed by atoms with Crippen LogP contribution in [0.15, 0.2) is 16.9 Å². The molecule has 1 aromatic heterocycles. The minimum absolute atomic E-state index is 0.559. The van der Waals surface area contributed by atoms with Crippen molar-refractivity contribution >= 4 is 37.5 Å². The molecular weight excluding hydrogens is 300 g/mol. The Bertz CT molecular complexity index is 261. The third-order valence-electron chi connectivity index (χ3n) is 1.40. The van der Waals surface area contributed by atoms with Gasteiger partial charge in [0, 0.05) is 11.5 Å². The Hall–Kier alpha value is -0.290. The van der Waals surface area contributed by atoms with Crippen molar-refractivity contribution in [3.8, 4) is 5.75 Å². The van der Waals surface area contributed by atoms with Crippen LogP contribution in [0.3, 0.4) is 0 Å². The predicted octanol–water partition coefficient (Wildman–Crippen LogP) is 2.59. The van der Waals surface area contributed by atoms with Gasteiger partial charge < -0.3 is 10.5 Å². The standard InChI is InChI=1S/C8H10Br2N2O/c9-2-1-3-13-8-6(10)4-12-5-7(8)11/h4-5H,1-3,11H2. The number of nitrogens with two attached hydrogens (primary N) is 1. The zero-order valence-electron chi connectivity index (χ0n) is 6.96. The van der Waals surface area contributed by atoms with Gasteiger partial charge in [0.1, 0.15) is 0 Å². The van der Waals surface area contributed by atoms with E-state index in [0.717, 1.165) is 16.2 Å². The number of nitrogen functional groups attached to an aromatic ring is 1. The van der Waals surface area contributed by atoms with E-state index in [0.29, 0.717) is 18.0 Å².